The first-order chi connectivity index (χ1) is 11.2. The van der Waals surface area contributed by atoms with Crippen LogP contribution in [-0.2, 0) is 12.8 Å². The molecule has 1 aliphatic carbocycles. The number of fused-ring (bicyclic) bond motifs is 1. The van der Waals surface area contributed by atoms with Gasteiger partial charge in [-0.05, 0) is 49.5 Å². The van der Waals surface area contributed by atoms with Crippen LogP contribution in [0.2, 0.25) is 0 Å². The predicted octanol–water partition coefficient (Wildman–Crippen LogP) is 4.23. The van der Waals surface area contributed by atoms with Crippen molar-refractivity contribution < 1.29 is 0 Å². The summed E-state index contributed by atoms with van der Waals surface area (Å²) >= 11 is 0. The molecule has 124 valence electrons. The zero-order valence-corrected chi connectivity index (χ0v) is 14.5. The molecule has 1 aromatic rings. The Morgan fingerprint density at radius 2 is 2.00 bits per heavy atom. The fourth-order valence-electron chi connectivity index (χ4n) is 3.41. The third kappa shape index (κ3) is 4.59. The normalized spacial score (nSPS) is 16.6. The molecule has 0 amide bonds. The number of rotatable bonds is 8. The monoisotopic (exact) mass is 310 g/mol. The molecule has 0 spiro atoms. The zero-order valence-electron chi connectivity index (χ0n) is 14.5. The van der Waals surface area contributed by atoms with Crippen molar-refractivity contribution >= 4 is 0 Å². The van der Waals surface area contributed by atoms with Crippen molar-refractivity contribution in [2.24, 2.45) is 5.73 Å². The quantitative estimate of drug-likeness (QED) is 0.728. The van der Waals surface area contributed by atoms with Gasteiger partial charge < -0.3 is 10.6 Å². The molecule has 0 aliphatic heterocycles. The van der Waals surface area contributed by atoms with E-state index in [0.717, 1.165) is 32.2 Å². The van der Waals surface area contributed by atoms with Gasteiger partial charge in [-0.15, -0.1) is 0 Å². The van der Waals surface area contributed by atoms with Crippen LogP contribution in [0, 0.1) is 0 Å². The lowest BCUT2D eigenvalue weighted by molar-refractivity contribution is 0.246. The Bertz CT molecular complexity index is 546. The molecule has 0 aromatic heterocycles. The van der Waals surface area contributed by atoms with Crippen molar-refractivity contribution in [3.05, 3.63) is 72.0 Å². The van der Waals surface area contributed by atoms with E-state index >= 15 is 0 Å². The van der Waals surface area contributed by atoms with Crippen LogP contribution in [0.1, 0.15) is 37.8 Å². The summed E-state index contributed by atoms with van der Waals surface area (Å²) in [5.41, 5.74) is 10.5. The first-order valence-corrected chi connectivity index (χ1v) is 8.74. The van der Waals surface area contributed by atoms with Crippen LogP contribution in [0.15, 0.2) is 60.8 Å². The van der Waals surface area contributed by atoms with Gasteiger partial charge in [0.05, 0.1) is 0 Å². The van der Waals surface area contributed by atoms with Gasteiger partial charge in [0.15, 0.2) is 0 Å². The lowest BCUT2D eigenvalue weighted by Gasteiger charge is -2.34. The van der Waals surface area contributed by atoms with Crippen molar-refractivity contribution in [3.8, 4) is 0 Å². The van der Waals surface area contributed by atoms with Crippen molar-refractivity contribution in [1.29, 1.82) is 0 Å². The van der Waals surface area contributed by atoms with Crippen molar-refractivity contribution in [2.75, 3.05) is 6.54 Å². The first-order valence-electron chi connectivity index (χ1n) is 8.74. The summed E-state index contributed by atoms with van der Waals surface area (Å²) in [5, 5.41) is 0. The van der Waals surface area contributed by atoms with Gasteiger partial charge in [0.1, 0.15) is 0 Å². The van der Waals surface area contributed by atoms with E-state index in [0.29, 0.717) is 6.04 Å². The SMILES string of the molecule is C=C/C(=C\C=C/C)N(CC(N)CCC)C1Cc2ccccc2C1. The van der Waals surface area contributed by atoms with E-state index in [1.165, 1.54) is 16.8 Å². The third-order valence-electron chi connectivity index (χ3n) is 4.56. The lowest BCUT2D eigenvalue weighted by atomic mass is 10.1. The zero-order chi connectivity index (χ0) is 16.7. The molecule has 1 aromatic carbocycles. The van der Waals surface area contributed by atoms with Gasteiger partial charge in [0.25, 0.3) is 0 Å². The van der Waals surface area contributed by atoms with Crippen LogP contribution in [0.25, 0.3) is 0 Å². The predicted molar refractivity (Wildman–Crippen MR) is 100 cm³/mol. The number of nitrogens with zero attached hydrogens (tertiary/aromatic N) is 1. The van der Waals surface area contributed by atoms with Gasteiger partial charge >= 0.3 is 0 Å². The minimum atomic E-state index is 0.206. The van der Waals surface area contributed by atoms with Gasteiger partial charge in [-0.2, -0.15) is 0 Å². The van der Waals surface area contributed by atoms with Crippen LogP contribution in [-0.4, -0.2) is 23.5 Å². The van der Waals surface area contributed by atoms with Gasteiger partial charge in [0, 0.05) is 24.3 Å². The number of allylic oxidation sites excluding steroid dienone is 4. The molecule has 0 bridgehead atoms. The van der Waals surface area contributed by atoms with Gasteiger partial charge in [-0.3, -0.25) is 0 Å². The third-order valence-corrected chi connectivity index (χ3v) is 4.56. The Morgan fingerprint density at radius 1 is 1.35 bits per heavy atom. The van der Waals surface area contributed by atoms with E-state index in [1.807, 2.05) is 13.0 Å². The molecule has 1 unspecified atom stereocenters. The Balaban J connectivity index is 2.21. The number of benzene rings is 1. The van der Waals surface area contributed by atoms with Crippen molar-refractivity contribution in [3.63, 3.8) is 0 Å². The molecule has 2 rings (SSSR count). The molecule has 0 heterocycles. The Kier molecular flexibility index (Phi) is 6.66. The minimum absolute atomic E-state index is 0.206. The second kappa shape index (κ2) is 8.73. The summed E-state index contributed by atoms with van der Waals surface area (Å²) in [7, 11) is 0. The first kappa shape index (κ1) is 17.6. The number of nitrogens with two attached hydrogens (primary N) is 1. The number of hydrogen-bond donors (Lipinski definition) is 1. The van der Waals surface area contributed by atoms with Crippen molar-refractivity contribution in [1.82, 2.24) is 4.90 Å². The molecule has 0 fully saturated rings. The fraction of sp³-hybridized carbons (Fsp3) is 0.429. The molecule has 2 heteroatoms. The molecule has 23 heavy (non-hydrogen) atoms. The van der Waals surface area contributed by atoms with Gasteiger partial charge in [-0.1, -0.05) is 56.3 Å². The average molecular weight is 310 g/mol. The van der Waals surface area contributed by atoms with Crippen LogP contribution in [0.3, 0.4) is 0 Å². The highest BCUT2D eigenvalue weighted by molar-refractivity contribution is 5.35. The van der Waals surface area contributed by atoms with Gasteiger partial charge in [0.2, 0.25) is 0 Å². The standard InChI is InChI=1S/C21H30N2/c1-4-7-13-20(6-3)23(16-19(22)10-5-2)21-14-17-11-8-9-12-18(17)15-21/h4,6-9,11-13,19,21H,3,5,10,14-16,22H2,1-2H3/b7-4-,20-13+. The summed E-state index contributed by atoms with van der Waals surface area (Å²) in [6.45, 7) is 9.15. The van der Waals surface area contributed by atoms with E-state index in [1.54, 1.807) is 0 Å². The Hall–Kier alpha value is -1.80. The lowest BCUT2D eigenvalue weighted by Crippen LogP contribution is -2.43. The van der Waals surface area contributed by atoms with Crippen molar-refractivity contribution in [2.45, 2.75) is 51.6 Å². The van der Waals surface area contributed by atoms with Gasteiger partial charge in [-0.25, -0.2) is 0 Å². The molecule has 2 nitrogen and oxygen atoms in total. The maximum atomic E-state index is 6.36. The fourth-order valence-corrected chi connectivity index (χ4v) is 3.41. The second-order valence-electron chi connectivity index (χ2n) is 6.35. The molecule has 1 aliphatic rings. The number of hydrogen-bond acceptors (Lipinski definition) is 2. The van der Waals surface area contributed by atoms with E-state index < -0.39 is 0 Å². The van der Waals surface area contributed by atoms with Crippen LogP contribution in [0.4, 0.5) is 0 Å². The molecule has 0 saturated heterocycles. The van der Waals surface area contributed by atoms with E-state index in [4.69, 9.17) is 5.73 Å². The molecule has 0 radical (unpaired) electrons. The summed E-state index contributed by atoms with van der Waals surface area (Å²) in [6.07, 6.45) is 12.6. The average Bonchev–Trinajstić information content (AvgIpc) is 2.98. The summed E-state index contributed by atoms with van der Waals surface area (Å²) in [5.74, 6) is 0. The maximum Gasteiger partial charge on any atom is 0.0371 e. The highest BCUT2D eigenvalue weighted by Gasteiger charge is 2.28. The summed E-state index contributed by atoms with van der Waals surface area (Å²) in [6, 6.07) is 9.46. The van der Waals surface area contributed by atoms with Crippen LogP contribution >= 0.6 is 0 Å². The molecule has 1 atom stereocenters. The van der Waals surface area contributed by atoms with E-state index in [2.05, 4.69) is 60.9 Å². The van der Waals surface area contributed by atoms with E-state index in [-0.39, 0.29) is 6.04 Å². The molecule has 2 N–H and O–H groups in total. The molecular weight excluding hydrogens is 280 g/mol. The highest BCUT2D eigenvalue weighted by Crippen LogP contribution is 2.28. The topological polar surface area (TPSA) is 29.3 Å². The van der Waals surface area contributed by atoms with E-state index in [9.17, 15) is 0 Å². The largest absolute Gasteiger partial charge is 0.366 e. The van der Waals surface area contributed by atoms with Crippen LogP contribution in [0.5, 0.6) is 0 Å². The summed E-state index contributed by atoms with van der Waals surface area (Å²) < 4.78 is 0. The molecule has 0 saturated carbocycles. The molecular formula is C21H30N2. The Morgan fingerprint density at radius 3 is 2.52 bits per heavy atom. The minimum Gasteiger partial charge on any atom is -0.366 e. The smallest absolute Gasteiger partial charge is 0.0371 e. The maximum absolute atomic E-state index is 6.36. The second-order valence-corrected chi connectivity index (χ2v) is 6.35. The summed E-state index contributed by atoms with van der Waals surface area (Å²) in [4.78, 5) is 2.47. The Labute approximate surface area is 141 Å². The van der Waals surface area contributed by atoms with Crippen LogP contribution < -0.4 is 5.73 Å². The highest BCUT2D eigenvalue weighted by atomic mass is 15.2.